The van der Waals surface area contributed by atoms with Crippen molar-refractivity contribution in [2.24, 2.45) is 0 Å². The zero-order valence-electron chi connectivity index (χ0n) is 16.9. The number of methoxy groups -OCH3 is 1. The molecule has 0 aromatic heterocycles. The molecule has 0 aliphatic heterocycles. The Hall–Kier alpha value is -1.69. The van der Waals surface area contributed by atoms with Crippen LogP contribution in [0.2, 0.25) is 0 Å². The maximum absolute atomic E-state index is 11.0. The van der Waals surface area contributed by atoms with Gasteiger partial charge in [0, 0.05) is 6.42 Å². The lowest BCUT2D eigenvalue weighted by Crippen LogP contribution is -2.23. The molecule has 3 N–H and O–H groups in total. The number of carbonyl (C=O) groups excluding carboxylic acids is 1. The second-order valence-electron chi connectivity index (χ2n) is 6.85. The molecule has 0 aliphatic carbocycles. The van der Waals surface area contributed by atoms with E-state index >= 15 is 0 Å². The summed E-state index contributed by atoms with van der Waals surface area (Å²) >= 11 is 0. The lowest BCUT2D eigenvalue weighted by Gasteiger charge is -2.17. The first kappa shape index (κ1) is 25.3. The van der Waals surface area contributed by atoms with Gasteiger partial charge in [0.1, 0.15) is 0 Å². The fraction of sp³-hybridized carbons (Fsp3) is 0.591. The smallest absolute Gasteiger partial charge is 0.305 e. The average molecular weight is 381 g/mol. The van der Waals surface area contributed by atoms with Crippen LogP contribution in [0.3, 0.4) is 0 Å². The van der Waals surface area contributed by atoms with Crippen LogP contribution in [0, 0.1) is 0 Å². The van der Waals surface area contributed by atoms with Gasteiger partial charge in [0.05, 0.1) is 24.9 Å². The van der Waals surface area contributed by atoms with Crippen molar-refractivity contribution in [1.29, 1.82) is 0 Å². The Kier molecular flexibility index (Phi) is 14.4. The van der Waals surface area contributed by atoms with Crippen LogP contribution in [0.15, 0.2) is 48.6 Å². The minimum Gasteiger partial charge on any atom is -0.469 e. The number of aliphatic hydroxyl groups is 3. The predicted molar refractivity (Wildman–Crippen MR) is 109 cm³/mol. The van der Waals surface area contributed by atoms with E-state index in [1.165, 1.54) is 7.11 Å². The second kappa shape index (κ2) is 15.4. The topological polar surface area (TPSA) is 87.0 Å². The van der Waals surface area contributed by atoms with Crippen LogP contribution in [0.25, 0.3) is 0 Å². The Morgan fingerprint density at radius 2 is 1.67 bits per heavy atom. The summed E-state index contributed by atoms with van der Waals surface area (Å²) < 4.78 is 4.57. The molecule has 27 heavy (non-hydrogen) atoms. The largest absolute Gasteiger partial charge is 0.469 e. The first-order chi connectivity index (χ1) is 12.8. The van der Waals surface area contributed by atoms with Crippen LogP contribution in [0.5, 0.6) is 0 Å². The summed E-state index contributed by atoms with van der Waals surface area (Å²) in [7, 11) is 1.35. The number of allylic oxidation sites excluding steroid dienone is 6. The first-order valence-electron chi connectivity index (χ1n) is 9.67. The summed E-state index contributed by atoms with van der Waals surface area (Å²) in [4.78, 5) is 11.0. The molecule has 5 nitrogen and oxygen atoms in total. The molecule has 0 aliphatic rings. The van der Waals surface area contributed by atoms with Crippen molar-refractivity contribution in [3.8, 4) is 0 Å². The molecule has 0 saturated carbocycles. The van der Waals surface area contributed by atoms with Gasteiger partial charge in [-0.05, 0) is 26.2 Å². The van der Waals surface area contributed by atoms with Gasteiger partial charge in [-0.1, -0.05) is 74.8 Å². The summed E-state index contributed by atoms with van der Waals surface area (Å²) in [6, 6.07) is 0. The maximum Gasteiger partial charge on any atom is 0.305 e. The molecule has 3 atom stereocenters. The van der Waals surface area contributed by atoms with E-state index in [0.717, 1.165) is 19.3 Å². The molecular weight excluding hydrogens is 344 g/mol. The van der Waals surface area contributed by atoms with E-state index in [1.807, 2.05) is 0 Å². The number of aliphatic hydroxyl groups excluding tert-OH is 2. The molecule has 0 radical (unpaired) electrons. The third-order valence-corrected chi connectivity index (χ3v) is 4.11. The monoisotopic (exact) mass is 380 g/mol. The highest BCUT2D eigenvalue weighted by Crippen LogP contribution is 2.15. The summed E-state index contributed by atoms with van der Waals surface area (Å²) in [5, 5.41) is 29.8. The molecule has 0 amide bonds. The molecule has 0 saturated heterocycles. The van der Waals surface area contributed by atoms with Crippen LogP contribution in [-0.4, -0.2) is 46.2 Å². The van der Waals surface area contributed by atoms with Gasteiger partial charge in [0.15, 0.2) is 0 Å². The predicted octanol–water partition coefficient (Wildman–Crippen LogP) is 3.61. The van der Waals surface area contributed by atoms with Gasteiger partial charge in [-0.3, -0.25) is 4.79 Å². The molecule has 154 valence electrons. The number of hydrogen-bond donors (Lipinski definition) is 3. The van der Waals surface area contributed by atoms with Crippen LogP contribution in [-0.2, 0) is 9.53 Å². The van der Waals surface area contributed by atoms with Crippen LogP contribution < -0.4 is 0 Å². The molecule has 1 unspecified atom stereocenters. The zero-order valence-corrected chi connectivity index (χ0v) is 16.9. The molecule has 5 heteroatoms. The first-order valence-corrected chi connectivity index (χ1v) is 9.67. The standard InChI is InChI=1S/C22H36O5/c1-4-5-10-14-19(23)20(24)15-11-8-6-7-9-12-17-22(2,26)18-13-16-21(25)27-3/h6-9,11-12,15,17,19-20,23-24,26H,4-5,10,13-14,16,18H2,1-3H3/t19-,20-,22?/m1/s1. The minimum absolute atomic E-state index is 0.272. The van der Waals surface area contributed by atoms with E-state index in [9.17, 15) is 20.1 Å². The normalized spacial score (nSPS) is 17.1. The maximum atomic E-state index is 11.0. The van der Waals surface area contributed by atoms with Crippen LogP contribution in [0.4, 0.5) is 0 Å². The van der Waals surface area contributed by atoms with E-state index in [2.05, 4.69) is 11.7 Å². The fourth-order valence-corrected chi connectivity index (χ4v) is 2.38. The van der Waals surface area contributed by atoms with E-state index in [4.69, 9.17) is 0 Å². The number of ether oxygens (including phenoxy) is 1. The van der Waals surface area contributed by atoms with Gasteiger partial charge in [0.2, 0.25) is 0 Å². The Bertz CT molecular complexity index is 503. The lowest BCUT2D eigenvalue weighted by atomic mass is 9.98. The molecule has 0 rings (SSSR count). The third-order valence-electron chi connectivity index (χ3n) is 4.11. The van der Waals surface area contributed by atoms with E-state index in [-0.39, 0.29) is 5.97 Å². The van der Waals surface area contributed by atoms with Gasteiger partial charge in [-0.15, -0.1) is 0 Å². The van der Waals surface area contributed by atoms with E-state index in [1.54, 1.807) is 55.5 Å². The number of carbonyl (C=O) groups is 1. The Labute approximate surface area is 163 Å². The fourth-order valence-electron chi connectivity index (χ4n) is 2.38. The molecule has 0 bridgehead atoms. The quantitative estimate of drug-likeness (QED) is 0.243. The highest BCUT2D eigenvalue weighted by atomic mass is 16.5. The third kappa shape index (κ3) is 15.1. The summed E-state index contributed by atoms with van der Waals surface area (Å²) in [5.74, 6) is -0.272. The van der Waals surface area contributed by atoms with E-state index < -0.39 is 17.8 Å². The Morgan fingerprint density at radius 3 is 2.30 bits per heavy atom. The SMILES string of the molecule is CCCCC[C@@H](O)[C@H](O)C=CC=CC=CC=CC(C)(O)CCCC(=O)OC. The Morgan fingerprint density at radius 1 is 1.04 bits per heavy atom. The molecule has 0 fully saturated rings. The van der Waals surface area contributed by atoms with Crippen molar-refractivity contribution >= 4 is 5.97 Å². The van der Waals surface area contributed by atoms with Crippen molar-refractivity contribution in [1.82, 2.24) is 0 Å². The van der Waals surface area contributed by atoms with Crippen molar-refractivity contribution in [2.75, 3.05) is 7.11 Å². The molecule has 0 aromatic carbocycles. The number of esters is 1. The lowest BCUT2D eigenvalue weighted by molar-refractivity contribution is -0.140. The summed E-state index contributed by atoms with van der Waals surface area (Å²) in [6.07, 6.45) is 17.3. The van der Waals surface area contributed by atoms with Crippen molar-refractivity contribution in [3.63, 3.8) is 0 Å². The Balaban J connectivity index is 4.14. The highest BCUT2D eigenvalue weighted by Gasteiger charge is 2.16. The van der Waals surface area contributed by atoms with Gasteiger partial charge >= 0.3 is 5.97 Å². The van der Waals surface area contributed by atoms with E-state index in [0.29, 0.717) is 25.7 Å². The molecule has 0 heterocycles. The summed E-state index contributed by atoms with van der Waals surface area (Å²) in [5.41, 5.74) is -0.972. The number of rotatable bonds is 14. The van der Waals surface area contributed by atoms with Crippen molar-refractivity contribution in [3.05, 3.63) is 48.6 Å². The average Bonchev–Trinajstić information content (AvgIpc) is 2.63. The molecule has 0 aromatic rings. The van der Waals surface area contributed by atoms with Crippen molar-refractivity contribution < 1.29 is 24.9 Å². The van der Waals surface area contributed by atoms with Gasteiger partial charge in [0.25, 0.3) is 0 Å². The van der Waals surface area contributed by atoms with Crippen LogP contribution >= 0.6 is 0 Å². The number of hydrogen-bond acceptors (Lipinski definition) is 5. The minimum atomic E-state index is -0.972. The highest BCUT2D eigenvalue weighted by molar-refractivity contribution is 5.69. The van der Waals surface area contributed by atoms with Gasteiger partial charge < -0.3 is 20.1 Å². The van der Waals surface area contributed by atoms with Crippen molar-refractivity contribution in [2.45, 2.75) is 76.6 Å². The van der Waals surface area contributed by atoms with Crippen LogP contribution in [0.1, 0.15) is 58.8 Å². The number of unbranched alkanes of at least 4 members (excludes halogenated alkanes) is 2. The van der Waals surface area contributed by atoms with Gasteiger partial charge in [-0.2, -0.15) is 0 Å². The molecular formula is C22H36O5. The van der Waals surface area contributed by atoms with Gasteiger partial charge in [-0.25, -0.2) is 0 Å². The summed E-state index contributed by atoms with van der Waals surface area (Å²) in [6.45, 7) is 3.79. The second-order valence-corrected chi connectivity index (χ2v) is 6.85. The zero-order chi connectivity index (χ0) is 20.5. The molecule has 0 spiro atoms.